The van der Waals surface area contributed by atoms with Gasteiger partial charge < -0.3 is 0 Å². The Morgan fingerprint density at radius 1 is 1.08 bits per heavy atom. The number of fused-ring (bicyclic) bond motifs is 1. The molecule has 0 unspecified atom stereocenters. The van der Waals surface area contributed by atoms with Gasteiger partial charge in [0.05, 0.1) is 11.6 Å². The van der Waals surface area contributed by atoms with E-state index in [1.54, 1.807) is 29.1 Å². The van der Waals surface area contributed by atoms with Crippen molar-refractivity contribution in [3.05, 3.63) is 89.7 Å². The Morgan fingerprint density at radius 3 is 2.73 bits per heavy atom. The number of carbonyl (C=O) groups is 1. The monoisotopic (exact) mass is 337 g/mol. The Labute approximate surface area is 151 Å². The third-order valence-corrected chi connectivity index (χ3v) is 4.35. The topological polar surface area (TPSA) is 58.7 Å². The zero-order valence-corrected chi connectivity index (χ0v) is 14.2. The van der Waals surface area contributed by atoms with Crippen LogP contribution in [0.4, 0.5) is 0 Å². The highest BCUT2D eigenvalue weighted by Crippen LogP contribution is 2.30. The highest BCUT2D eigenvalue weighted by Gasteiger charge is 2.17. The van der Waals surface area contributed by atoms with E-state index in [-0.39, 0.29) is 5.91 Å². The minimum atomic E-state index is -0.125. The standard InChI is InChI=1S/C22H15N3O/c1-15-5-2-8-18(11-15)22(26)25-14-20(19-9-4-10-24-21(19)25)17-7-3-6-16(12-17)13-23/h2-12,14H,1H3. The van der Waals surface area contributed by atoms with E-state index >= 15 is 0 Å². The molecule has 2 heterocycles. The van der Waals surface area contributed by atoms with Crippen molar-refractivity contribution in [1.29, 1.82) is 5.26 Å². The summed E-state index contributed by atoms with van der Waals surface area (Å²) in [6.07, 6.45) is 3.48. The maximum Gasteiger partial charge on any atom is 0.263 e. The number of benzene rings is 2. The summed E-state index contributed by atoms with van der Waals surface area (Å²) in [4.78, 5) is 17.5. The summed E-state index contributed by atoms with van der Waals surface area (Å²) >= 11 is 0. The maximum absolute atomic E-state index is 13.1. The summed E-state index contributed by atoms with van der Waals surface area (Å²) in [7, 11) is 0. The minimum Gasteiger partial charge on any atom is -0.268 e. The molecule has 4 rings (SSSR count). The van der Waals surface area contributed by atoms with Gasteiger partial charge in [0.15, 0.2) is 0 Å². The van der Waals surface area contributed by atoms with Gasteiger partial charge in [0.1, 0.15) is 5.65 Å². The third kappa shape index (κ3) is 2.66. The summed E-state index contributed by atoms with van der Waals surface area (Å²) in [5.41, 5.74) is 4.60. The van der Waals surface area contributed by atoms with Gasteiger partial charge in [-0.3, -0.25) is 9.36 Å². The predicted octanol–water partition coefficient (Wildman–Crippen LogP) is 4.57. The molecule has 2 aromatic heterocycles. The maximum atomic E-state index is 13.1. The van der Waals surface area contributed by atoms with E-state index in [1.807, 2.05) is 55.5 Å². The highest BCUT2D eigenvalue weighted by molar-refractivity contribution is 6.05. The molecule has 124 valence electrons. The SMILES string of the molecule is Cc1cccc(C(=O)n2cc(-c3cccc(C#N)c3)c3cccnc32)c1. The van der Waals surface area contributed by atoms with E-state index in [4.69, 9.17) is 5.26 Å². The second-order valence-corrected chi connectivity index (χ2v) is 6.15. The average Bonchev–Trinajstić information content (AvgIpc) is 3.07. The van der Waals surface area contributed by atoms with E-state index < -0.39 is 0 Å². The van der Waals surface area contributed by atoms with Crippen molar-refractivity contribution in [1.82, 2.24) is 9.55 Å². The fourth-order valence-electron chi connectivity index (χ4n) is 3.12. The number of nitriles is 1. The normalized spacial score (nSPS) is 10.6. The Kier molecular flexibility index (Phi) is 3.83. The Bertz CT molecular complexity index is 1180. The number of hydrogen-bond donors (Lipinski definition) is 0. The lowest BCUT2D eigenvalue weighted by atomic mass is 10.0. The van der Waals surface area contributed by atoms with Crippen molar-refractivity contribution in [2.75, 3.05) is 0 Å². The van der Waals surface area contributed by atoms with Gasteiger partial charge in [0, 0.05) is 28.9 Å². The van der Waals surface area contributed by atoms with Crippen molar-refractivity contribution in [3.63, 3.8) is 0 Å². The Hall–Kier alpha value is -3.71. The summed E-state index contributed by atoms with van der Waals surface area (Å²) < 4.78 is 1.58. The van der Waals surface area contributed by atoms with Crippen LogP contribution < -0.4 is 0 Å². The lowest BCUT2D eigenvalue weighted by Gasteiger charge is -2.04. The molecule has 26 heavy (non-hydrogen) atoms. The van der Waals surface area contributed by atoms with Gasteiger partial charge in [0.25, 0.3) is 5.91 Å². The first-order valence-electron chi connectivity index (χ1n) is 8.25. The summed E-state index contributed by atoms with van der Waals surface area (Å²) in [6, 6.07) is 20.8. The molecule has 0 atom stereocenters. The molecule has 0 aliphatic rings. The number of pyridine rings is 1. The van der Waals surface area contributed by atoms with Crippen LogP contribution in [0.2, 0.25) is 0 Å². The third-order valence-electron chi connectivity index (χ3n) is 4.35. The molecule has 2 aromatic carbocycles. The van der Waals surface area contributed by atoms with Crippen LogP contribution in [-0.2, 0) is 0 Å². The van der Waals surface area contributed by atoms with Gasteiger partial charge in [-0.05, 0) is 48.9 Å². The van der Waals surface area contributed by atoms with Crippen LogP contribution in [0, 0.1) is 18.3 Å². The Morgan fingerprint density at radius 2 is 1.92 bits per heavy atom. The lowest BCUT2D eigenvalue weighted by molar-refractivity contribution is 0.0964. The van der Waals surface area contributed by atoms with Gasteiger partial charge >= 0.3 is 0 Å². The van der Waals surface area contributed by atoms with Gasteiger partial charge in [-0.25, -0.2) is 4.98 Å². The van der Waals surface area contributed by atoms with Crippen molar-refractivity contribution < 1.29 is 4.79 Å². The van der Waals surface area contributed by atoms with Crippen LogP contribution in [0.15, 0.2) is 73.1 Å². The van der Waals surface area contributed by atoms with Crippen LogP contribution in [0.3, 0.4) is 0 Å². The van der Waals surface area contributed by atoms with Gasteiger partial charge in [-0.15, -0.1) is 0 Å². The number of nitrogens with zero attached hydrogens (tertiary/aromatic N) is 3. The number of aromatic nitrogens is 2. The largest absolute Gasteiger partial charge is 0.268 e. The molecule has 0 fully saturated rings. The summed E-state index contributed by atoms with van der Waals surface area (Å²) in [5, 5.41) is 10.0. The molecule has 0 aliphatic carbocycles. The second-order valence-electron chi connectivity index (χ2n) is 6.15. The van der Waals surface area contributed by atoms with Crippen LogP contribution in [-0.4, -0.2) is 15.5 Å². The summed E-state index contributed by atoms with van der Waals surface area (Å²) in [6.45, 7) is 1.96. The molecule has 4 aromatic rings. The first-order valence-corrected chi connectivity index (χ1v) is 8.25. The van der Waals surface area contributed by atoms with Crippen LogP contribution in [0.1, 0.15) is 21.5 Å². The zero-order chi connectivity index (χ0) is 18.1. The molecule has 0 radical (unpaired) electrons. The minimum absolute atomic E-state index is 0.125. The zero-order valence-electron chi connectivity index (χ0n) is 14.2. The van der Waals surface area contributed by atoms with Gasteiger partial charge in [0.2, 0.25) is 0 Å². The molecule has 0 aliphatic heterocycles. The van der Waals surface area contributed by atoms with Crippen LogP contribution in [0.5, 0.6) is 0 Å². The predicted molar refractivity (Wildman–Crippen MR) is 101 cm³/mol. The van der Waals surface area contributed by atoms with Crippen molar-refractivity contribution in [2.45, 2.75) is 6.92 Å². The lowest BCUT2D eigenvalue weighted by Crippen LogP contribution is -2.11. The van der Waals surface area contributed by atoms with E-state index in [9.17, 15) is 4.79 Å². The quantitative estimate of drug-likeness (QED) is 0.538. The smallest absolute Gasteiger partial charge is 0.263 e. The van der Waals surface area contributed by atoms with Gasteiger partial charge in [-0.1, -0.05) is 29.8 Å². The number of aryl methyl sites for hydroxylation is 1. The molecule has 0 saturated carbocycles. The van der Waals surface area contributed by atoms with Crippen molar-refractivity contribution in [3.8, 4) is 17.2 Å². The molecule has 0 saturated heterocycles. The Balaban J connectivity index is 1.92. The molecule has 0 bridgehead atoms. The molecule has 4 heteroatoms. The van der Waals surface area contributed by atoms with Crippen molar-refractivity contribution in [2.24, 2.45) is 0 Å². The van der Waals surface area contributed by atoms with E-state index in [2.05, 4.69) is 11.1 Å². The number of carbonyl (C=O) groups excluding carboxylic acids is 1. The summed E-state index contributed by atoms with van der Waals surface area (Å²) in [5.74, 6) is -0.125. The van der Waals surface area contributed by atoms with Crippen molar-refractivity contribution >= 4 is 16.9 Å². The number of rotatable bonds is 2. The number of hydrogen-bond acceptors (Lipinski definition) is 3. The fraction of sp³-hybridized carbons (Fsp3) is 0.0455. The average molecular weight is 337 g/mol. The first kappa shape index (κ1) is 15.8. The van der Waals surface area contributed by atoms with E-state index in [0.29, 0.717) is 16.8 Å². The molecule has 0 amide bonds. The second kappa shape index (κ2) is 6.30. The highest BCUT2D eigenvalue weighted by atomic mass is 16.2. The molecular weight excluding hydrogens is 322 g/mol. The van der Waals surface area contributed by atoms with Crippen LogP contribution >= 0.6 is 0 Å². The van der Waals surface area contributed by atoms with E-state index in [1.165, 1.54) is 0 Å². The molecule has 4 nitrogen and oxygen atoms in total. The van der Waals surface area contributed by atoms with E-state index in [0.717, 1.165) is 22.1 Å². The van der Waals surface area contributed by atoms with Crippen LogP contribution in [0.25, 0.3) is 22.2 Å². The molecular formula is C22H15N3O. The first-order chi connectivity index (χ1) is 12.7. The molecule has 0 N–H and O–H groups in total. The van der Waals surface area contributed by atoms with Gasteiger partial charge in [-0.2, -0.15) is 5.26 Å². The fourth-order valence-corrected chi connectivity index (χ4v) is 3.12. The molecule has 0 spiro atoms.